The van der Waals surface area contributed by atoms with Crippen molar-refractivity contribution in [2.24, 2.45) is 5.73 Å². The number of aromatic nitrogens is 2. The lowest BCUT2D eigenvalue weighted by atomic mass is 10.2. The molecule has 0 unspecified atom stereocenters. The van der Waals surface area contributed by atoms with E-state index in [2.05, 4.69) is 26.3 Å². The number of hydrogen-bond donors (Lipinski definition) is 2. The normalized spacial score (nSPS) is 11.1. The van der Waals surface area contributed by atoms with Crippen LogP contribution in [0.2, 0.25) is 0 Å². The highest BCUT2D eigenvalue weighted by Gasteiger charge is 2.11. The Hall–Kier alpha value is -2.12. The van der Waals surface area contributed by atoms with Crippen molar-refractivity contribution in [3.63, 3.8) is 0 Å². The van der Waals surface area contributed by atoms with Gasteiger partial charge in [0, 0.05) is 22.6 Å². The molecule has 1 aromatic carbocycles. The Morgan fingerprint density at radius 2 is 2.26 bits per heavy atom. The molecule has 23 heavy (non-hydrogen) atoms. The van der Waals surface area contributed by atoms with Crippen LogP contribution in [0.1, 0.15) is 21.7 Å². The van der Waals surface area contributed by atoms with Crippen molar-refractivity contribution in [2.75, 3.05) is 6.54 Å². The second kappa shape index (κ2) is 6.55. The maximum Gasteiger partial charge on any atom is 0.254 e. The van der Waals surface area contributed by atoms with Gasteiger partial charge in [0.1, 0.15) is 11.3 Å². The molecule has 0 bridgehead atoms. The van der Waals surface area contributed by atoms with Gasteiger partial charge < -0.3 is 15.5 Å². The van der Waals surface area contributed by atoms with Crippen molar-refractivity contribution in [1.82, 2.24) is 15.1 Å². The lowest BCUT2D eigenvalue weighted by Crippen LogP contribution is -2.22. The van der Waals surface area contributed by atoms with Crippen LogP contribution in [0.3, 0.4) is 0 Å². The van der Waals surface area contributed by atoms with E-state index in [9.17, 15) is 4.79 Å². The minimum atomic E-state index is -0.188. The first-order chi connectivity index (χ1) is 11.1. The van der Waals surface area contributed by atoms with Gasteiger partial charge in [0.25, 0.3) is 5.91 Å². The highest BCUT2D eigenvalue weighted by molar-refractivity contribution is 9.10. The molecule has 0 fully saturated rings. The van der Waals surface area contributed by atoms with Crippen LogP contribution < -0.4 is 11.1 Å². The Labute approximate surface area is 141 Å². The number of furan rings is 1. The standard InChI is InChI=1S/C16H17BrN4O2/c1-10-4-13(17)5-11-6-14(23-15(10)11)8-19-16(22)12-7-20-21(9-12)3-2-18/h4-7,9H,2-3,8,18H2,1H3,(H,19,22). The van der Waals surface area contributed by atoms with E-state index in [1.165, 1.54) is 6.20 Å². The van der Waals surface area contributed by atoms with E-state index in [0.717, 1.165) is 21.0 Å². The van der Waals surface area contributed by atoms with Gasteiger partial charge in [-0.05, 0) is 30.7 Å². The molecule has 120 valence electrons. The third-order valence-corrected chi connectivity index (χ3v) is 3.95. The predicted molar refractivity (Wildman–Crippen MR) is 91.1 cm³/mol. The van der Waals surface area contributed by atoms with Crippen molar-refractivity contribution in [2.45, 2.75) is 20.0 Å². The minimum Gasteiger partial charge on any atom is -0.459 e. The van der Waals surface area contributed by atoms with E-state index in [0.29, 0.717) is 31.0 Å². The molecule has 2 heterocycles. The summed E-state index contributed by atoms with van der Waals surface area (Å²) in [5, 5.41) is 7.93. The predicted octanol–water partition coefficient (Wildman–Crippen LogP) is 2.59. The molecule has 7 heteroatoms. The zero-order valence-electron chi connectivity index (χ0n) is 12.7. The zero-order valence-corrected chi connectivity index (χ0v) is 14.3. The smallest absolute Gasteiger partial charge is 0.254 e. The lowest BCUT2D eigenvalue weighted by Gasteiger charge is -2.00. The second-order valence-electron chi connectivity index (χ2n) is 5.32. The second-order valence-corrected chi connectivity index (χ2v) is 6.23. The molecule has 2 aromatic heterocycles. The van der Waals surface area contributed by atoms with E-state index in [4.69, 9.17) is 10.2 Å². The van der Waals surface area contributed by atoms with Crippen molar-refractivity contribution in [3.05, 3.63) is 52.0 Å². The summed E-state index contributed by atoms with van der Waals surface area (Å²) in [6, 6.07) is 5.93. The highest BCUT2D eigenvalue weighted by Crippen LogP contribution is 2.26. The van der Waals surface area contributed by atoms with Gasteiger partial charge in [-0.1, -0.05) is 15.9 Å². The van der Waals surface area contributed by atoms with Gasteiger partial charge in [0.15, 0.2) is 0 Å². The first kappa shape index (κ1) is 15.8. The monoisotopic (exact) mass is 376 g/mol. The molecule has 0 spiro atoms. The third kappa shape index (κ3) is 3.46. The van der Waals surface area contributed by atoms with Crippen molar-refractivity contribution < 1.29 is 9.21 Å². The summed E-state index contributed by atoms with van der Waals surface area (Å²) >= 11 is 3.47. The number of fused-ring (bicyclic) bond motifs is 1. The van der Waals surface area contributed by atoms with Gasteiger partial charge in [-0.2, -0.15) is 5.10 Å². The average Bonchev–Trinajstić information content (AvgIpc) is 3.12. The summed E-state index contributed by atoms with van der Waals surface area (Å²) in [4.78, 5) is 12.1. The fourth-order valence-electron chi connectivity index (χ4n) is 2.43. The number of halogens is 1. The molecular formula is C16H17BrN4O2. The topological polar surface area (TPSA) is 86.1 Å². The first-order valence-corrected chi connectivity index (χ1v) is 8.05. The van der Waals surface area contributed by atoms with Crippen LogP contribution in [0.5, 0.6) is 0 Å². The number of nitrogens with one attached hydrogen (secondary N) is 1. The van der Waals surface area contributed by atoms with Crippen LogP contribution in [0.15, 0.2) is 39.5 Å². The number of carbonyl (C=O) groups is 1. The van der Waals surface area contributed by atoms with Gasteiger partial charge in [0.2, 0.25) is 0 Å². The summed E-state index contributed by atoms with van der Waals surface area (Å²) in [7, 11) is 0. The Morgan fingerprint density at radius 1 is 1.43 bits per heavy atom. The molecule has 0 aliphatic carbocycles. The number of amides is 1. The number of aryl methyl sites for hydroxylation is 1. The Bertz CT molecular complexity index is 853. The van der Waals surface area contributed by atoms with Crippen LogP contribution in [0, 0.1) is 6.92 Å². The number of rotatable bonds is 5. The summed E-state index contributed by atoms with van der Waals surface area (Å²) in [6.45, 7) is 3.39. The van der Waals surface area contributed by atoms with Crippen LogP contribution in [0.4, 0.5) is 0 Å². The van der Waals surface area contributed by atoms with Gasteiger partial charge in [-0.15, -0.1) is 0 Å². The van der Waals surface area contributed by atoms with Gasteiger partial charge in [0.05, 0.1) is 24.8 Å². The van der Waals surface area contributed by atoms with E-state index in [1.54, 1.807) is 10.9 Å². The maximum atomic E-state index is 12.1. The van der Waals surface area contributed by atoms with Crippen molar-refractivity contribution in [1.29, 1.82) is 0 Å². The molecular weight excluding hydrogens is 360 g/mol. The number of hydrogen-bond acceptors (Lipinski definition) is 4. The van der Waals surface area contributed by atoms with Crippen molar-refractivity contribution in [3.8, 4) is 0 Å². The highest BCUT2D eigenvalue weighted by atomic mass is 79.9. The molecule has 6 nitrogen and oxygen atoms in total. The largest absolute Gasteiger partial charge is 0.459 e. The summed E-state index contributed by atoms with van der Waals surface area (Å²) < 4.78 is 8.47. The molecule has 3 aromatic rings. The first-order valence-electron chi connectivity index (χ1n) is 7.26. The van der Waals surface area contributed by atoms with Crippen molar-refractivity contribution >= 4 is 32.8 Å². The average molecular weight is 377 g/mol. The molecule has 0 aliphatic heterocycles. The lowest BCUT2D eigenvalue weighted by molar-refractivity contribution is 0.0948. The van der Waals surface area contributed by atoms with Gasteiger partial charge in [-0.3, -0.25) is 9.48 Å². The number of benzene rings is 1. The molecule has 0 saturated carbocycles. The Kier molecular flexibility index (Phi) is 4.49. The van der Waals surface area contributed by atoms with Crippen LogP contribution >= 0.6 is 15.9 Å². The fraction of sp³-hybridized carbons (Fsp3) is 0.250. The Morgan fingerprint density at radius 3 is 3.04 bits per heavy atom. The zero-order chi connectivity index (χ0) is 16.4. The number of nitrogens with zero attached hydrogens (tertiary/aromatic N) is 2. The fourth-order valence-corrected chi connectivity index (χ4v) is 3.02. The molecule has 3 N–H and O–H groups in total. The van der Waals surface area contributed by atoms with Crippen LogP contribution in [-0.2, 0) is 13.1 Å². The van der Waals surface area contributed by atoms with Gasteiger partial charge in [-0.25, -0.2) is 0 Å². The number of nitrogens with two attached hydrogens (primary N) is 1. The van der Waals surface area contributed by atoms with E-state index >= 15 is 0 Å². The summed E-state index contributed by atoms with van der Waals surface area (Å²) in [5.74, 6) is 0.524. The minimum absolute atomic E-state index is 0.188. The van der Waals surface area contributed by atoms with E-state index in [1.807, 2.05) is 25.1 Å². The third-order valence-electron chi connectivity index (χ3n) is 3.49. The molecule has 0 saturated heterocycles. The van der Waals surface area contributed by atoms with Crippen LogP contribution in [-0.4, -0.2) is 22.2 Å². The molecule has 3 rings (SSSR count). The maximum absolute atomic E-state index is 12.1. The summed E-state index contributed by atoms with van der Waals surface area (Å²) in [6.07, 6.45) is 3.22. The van der Waals surface area contributed by atoms with E-state index < -0.39 is 0 Å². The molecule has 0 radical (unpaired) electrons. The molecule has 0 atom stereocenters. The molecule has 1 amide bonds. The van der Waals surface area contributed by atoms with Crippen LogP contribution in [0.25, 0.3) is 11.0 Å². The number of carbonyl (C=O) groups excluding carboxylic acids is 1. The SMILES string of the molecule is Cc1cc(Br)cc2cc(CNC(=O)c3cnn(CCN)c3)oc12. The summed E-state index contributed by atoms with van der Waals surface area (Å²) in [5.41, 5.74) is 7.86. The molecule has 0 aliphatic rings. The quantitative estimate of drug-likeness (QED) is 0.716. The van der Waals surface area contributed by atoms with E-state index in [-0.39, 0.29) is 5.91 Å². The van der Waals surface area contributed by atoms with Gasteiger partial charge >= 0.3 is 0 Å². The Balaban J connectivity index is 1.70.